The number of hydrogen-bond acceptors (Lipinski definition) is 3. The second kappa shape index (κ2) is 5.49. The lowest BCUT2D eigenvalue weighted by Crippen LogP contribution is -2.60. The summed E-state index contributed by atoms with van der Waals surface area (Å²) in [5.41, 5.74) is 5.37. The third-order valence-corrected chi connectivity index (χ3v) is 4.76. The third kappa shape index (κ3) is 2.76. The fourth-order valence-electron chi connectivity index (χ4n) is 3.39. The van der Waals surface area contributed by atoms with E-state index in [-0.39, 0.29) is 5.91 Å². The molecule has 1 saturated carbocycles. The molecule has 5 heteroatoms. The molecule has 19 heavy (non-hydrogen) atoms. The Morgan fingerprint density at radius 1 is 1.37 bits per heavy atom. The van der Waals surface area contributed by atoms with E-state index in [2.05, 4.69) is 6.92 Å². The van der Waals surface area contributed by atoms with Gasteiger partial charge in [-0.3, -0.25) is 4.79 Å². The second-order valence-electron chi connectivity index (χ2n) is 6.01. The molecule has 0 aromatic rings. The Balaban J connectivity index is 2.13. The molecule has 3 N–H and O–H groups in total. The van der Waals surface area contributed by atoms with E-state index in [0.29, 0.717) is 31.7 Å². The molecule has 2 fully saturated rings. The van der Waals surface area contributed by atoms with Crippen LogP contribution in [-0.2, 0) is 9.59 Å². The number of carboxylic acid groups (broad SMARTS) is 1. The summed E-state index contributed by atoms with van der Waals surface area (Å²) in [6.07, 6.45) is 5.73. The van der Waals surface area contributed by atoms with Crippen molar-refractivity contribution in [2.24, 2.45) is 11.7 Å². The summed E-state index contributed by atoms with van der Waals surface area (Å²) in [6.45, 7) is 2.61. The minimum Gasteiger partial charge on any atom is -0.480 e. The van der Waals surface area contributed by atoms with Crippen molar-refractivity contribution < 1.29 is 14.7 Å². The van der Waals surface area contributed by atoms with Gasteiger partial charge in [-0.25, -0.2) is 4.79 Å². The monoisotopic (exact) mass is 268 g/mol. The average molecular weight is 268 g/mol. The Bertz CT molecular complexity index is 364. The molecule has 0 spiro atoms. The highest BCUT2D eigenvalue weighted by molar-refractivity contribution is 5.90. The molecule has 1 amide bonds. The maximum atomic E-state index is 12.6. The number of carboxylic acids is 1. The van der Waals surface area contributed by atoms with Crippen molar-refractivity contribution in [2.45, 2.75) is 63.5 Å². The lowest BCUT2D eigenvalue weighted by molar-refractivity contribution is -0.155. The van der Waals surface area contributed by atoms with E-state index in [4.69, 9.17) is 5.73 Å². The normalized spacial score (nSPS) is 30.3. The smallest absolute Gasteiger partial charge is 0.326 e. The molecule has 1 aliphatic heterocycles. The number of carbonyl (C=O) groups excluding carboxylic acids is 1. The van der Waals surface area contributed by atoms with E-state index in [1.807, 2.05) is 0 Å². The molecule has 1 heterocycles. The lowest BCUT2D eigenvalue weighted by atomic mass is 9.86. The van der Waals surface area contributed by atoms with Crippen molar-refractivity contribution in [3.05, 3.63) is 0 Å². The van der Waals surface area contributed by atoms with Gasteiger partial charge in [0, 0.05) is 6.54 Å². The van der Waals surface area contributed by atoms with E-state index in [1.54, 1.807) is 0 Å². The van der Waals surface area contributed by atoms with Crippen LogP contribution in [0.25, 0.3) is 0 Å². The Kier molecular flexibility index (Phi) is 4.13. The van der Waals surface area contributed by atoms with E-state index < -0.39 is 17.6 Å². The average Bonchev–Trinajstić information content (AvgIpc) is 2.85. The van der Waals surface area contributed by atoms with Crippen LogP contribution in [0, 0.1) is 5.92 Å². The van der Waals surface area contributed by atoms with Crippen molar-refractivity contribution in [2.75, 3.05) is 6.54 Å². The van der Waals surface area contributed by atoms with Crippen LogP contribution < -0.4 is 5.73 Å². The zero-order chi connectivity index (χ0) is 14.0. The molecule has 2 rings (SSSR count). The summed E-state index contributed by atoms with van der Waals surface area (Å²) >= 11 is 0. The van der Waals surface area contributed by atoms with Gasteiger partial charge in [0.2, 0.25) is 5.91 Å². The van der Waals surface area contributed by atoms with Gasteiger partial charge >= 0.3 is 5.97 Å². The Hall–Kier alpha value is -1.10. The molecule has 1 aliphatic carbocycles. The summed E-state index contributed by atoms with van der Waals surface area (Å²) in [5, 5.41) is 9.36. The number of piperidine rings is 1. The minimum atomic E-state index is -0.895. The van der Waals surface area contributed by atoms with Gasteiger partial charge in [0.15, 0.2) is 0 Å². The van der Waals surface area contributed by atoms with Crippen LogP contribution in [0.15, 0.2) is 0 Å². The van der Waals surface area contributed by atoms with Gasteiger partial charge in [0.25, 0.3) is 0 Å². The summed E-state index contributed by atoms with van der Waals surface area (Å²) in [7, 11) is 0. The van der Waals surface area contributed by atoms with Crippen LogP contribution in [0.2, 0.25) is 0 Å². The van der Waals surface area contributed by atoms with Gasteiger partial charge < -0.3 is 15.7 Å². The number of aliphatic carboxylic acids is 1. The van der Waals surface area contributed by atoms with Gasteiger partial charge in [-0.2, -0.15) is 0 Å². The van der Waals surface area contributed by atoms with E-state index >= 15 is 0 Å². The standard InChI is InChI=1S/C14H24N2O3/c1-2-10-5-8-16(11(9-10)12(17)18)13(19)14(15)6-3-4-7-14/h10-11H,2-9,15H2,1H3,(H,17,18). The largest absolute Gasteiger partial charge is 0.480 e. The van der Waals surface area contributed by atoms with Gasteiger partial charge in [-0.1, -0.05) is 26.2 Å². The topological polar surface area (TPSA) is 83.6 Å². The fourth-order valence-corrected chi connectivity index (χ4v) is 3.39. The number of nitrogens with two attached hydrogens (primary N) is 1. The van der Waals surface area contributed by atoms with Gasteiger partial charge in [-0.05, 0) is 31.6 Å². The molecule has 2 aliphatic rings. The van der Waals surface area contributed by atoms with Crippen molar-refractivity contribution in [3.8, 4) is 0 Å². The van der Waals surface area contributed by atoms with Crippen molar-refractivity contribution in [1.82, 2.24) is 4.90 Å². The van der Waals surface area contributed by atoms with Gasteiger partial charge in [-0.15, -0.1) is 0 Å². The maximum absolute atomic E-state index is 12.6. The fraction of sp³-hybridized carbons (Fsp3) is 0.857. The molecule has 2 atom stereocenters. The molecule has 1 saturated heterocycles. The van der Waals surface area contributed by atoms with E-state index in [9.17, 15) is 14.7 Å². The summed E-state index contributed by atoms with van der Waals surface area (Å²) < 4.78 is 0. The number of carbonyl (C=O) groups is 2. The Morgan fingerprint density at radius 2 is 2.00 bits per heavy atom. The molecule has 2 unspecified atom stereocenters. The zero-order valence-corrected chi connectivity index (χ0v) is 11.6. The summed E-state index contributed by atoms with van der Waals surface area (Å²) in [4.78, 5) is 25.5. The molecule has 108 valence electrons. The van der Waals surface area contributed by atoms with Gasteiger partial charge in [0.1, 0.15) is 6.04 Å². The van der Waals surface area contributed by atoms with Crippen LogP contribution in [0.1, 0.15) is 51.9 Å². The number of nitrogens with zero attached hydrogens (tertiary/aromatic N) is 1. The van der Waals surface area contributed by atoms with Crippen LogP contribution in [-0.4, -0.2) is 40.0 Å². The van der Waals surface area contributed by atoms with Crippen LogP contribution in [0.3, 0.4) is 0 Å². The molecule has 0 aromatic heterocycles. The number of amides is 1. The Morgan fingerprint density at radius 3 is 2.53 bits per heavy atom. The zero-order valence-electron chi connectivity index (χ0n) is 11.6. The minimum absolute atomic E-state index is 0.146. The molecule has 0 radical (unpaired) electrons. The van der Waals surface area contributed by atoms with Crippen molar-refractivity contribution >= 4 is 11.9 Å². The van der Waals surface area contributed by atoms with E-state index in [1.165, 1.54) is 4.90 Å². The highest BCUT2D eigenvalue weighted by Crippen LogP contribution is 2.33. The van der Waals surface area contributed by atoms with Crippen molar-refractivity contribution in [1.29, 1.82) is 0 Å². The number of hydrogen-bond donors (Lipinski definition) is 2. The first-order chi connectivity index (χ1) is 8.98. The molecular weight excluding hydrogens is 244 g/mol. The quantitative estimate of drug-likeness (QED) is 0.809. The predicted octanol–water partition coefficient (Wildman–Crippen LogP) is 1.36. The highest BCUT2D eigenvalue weighted by Gasteiger charge is 2.45. The SMILES string of the molecule is CCC1CCN(C(=O)C2(N)CCCC2)C(C(=O)O)C1. The van der Waals surface area contributed by atoms with Gasteiger partial charge in [0.05, 0.1) is 5.54 Å². The van der Waals surface area contributed by atoms with Crippen LogP contribution in [0.5, 0.6) is 0 Å². The van der Waals surface area contributed by atoms with Crippen LogP contribution >= 0.6 is 0 Å². The lowest BCUT2D eigenvalue weighted by Gasteiger charge is -2.40. The highest BCUT2D eigenvalue weighted by atomic mass is 16.4. The number of likely N-dealkylation sites (tertiary alicyclic amines) is 1. The summed E-state index contributed by atoms with van der Waals surface area (Å²) in [6, 6.07) is -0.688. The first kappa shape index (κ1) is 14.3. The first-order valence-corrected chi connectivity index (χ1v) is 7.30. The Labute approximate surface area is 114 Å². The third-order valence-electron chi connectivity index (χ3n) is 4.76. The van der Waals surface area contributed by atoms with Crippen molar-refractivity contribution in [3.63, 3.8) is 0 Å². The molecule has 0 aromatic carbocycles. The van der Waals surface area contributed by atoms with Crippen LogP contribution in [0.4, 0.5) is 0 Å². The summed E-state index contributed by atoms with van der Waals surface area (Å²) in [5.74, 6) is -0.637. The molecular formula is C14H24N2O3. The molecule has 0 bridgehead atoms. The maximum Gasteiger partial charge on any atom is 0.326 e. The molecule has 5 nitrogen and oxygen atoms in total. The predicted molar refractivity (Wildman–Crippen MR) is 71.5 cm³/mol. The number of rotatable bonds is 3. The van der Waals surface area contributed by atoms with E-state index in [0.717, 1.165) is 25.7 Å². The second-order valence-corrected chi connectivity index (χ2v) is 6.01. The first-order valence-electron chi connectivity index (χ1n) is 7.30.